The largest absolute Gasteiger partial charge is 0.347 e. The summed E-state index contributed by atoms with van der Waals surface area (Å²) in [7, 11) is 0. The maximum absolute atomic E-state index is 4.58. The third-order valence-electron chi connectivity index (χ3n) is 2.79. The fraction of sp³-hybridized carbons (Fsp3) is 0.308. The molecule has 3 aromatic heterocycles. The van der Waals surface area contributed by atoms with E-state index in [0.29, 0.717) is 18.4 Å². The van der Waals surface area contributed by atoms with Crippen LogP contribution >= 0.6 is 27.3 Å². The minimum Gasteiger partial charge on any atom is -0.347 e. The number of nitrogens with one attached hydrogen (secondary N) is 1. The summed E-state index contributed by atoms with van der Waals surface area (Å²) in [5.74, 6) is 1.08. The number of anilines is 1. The van der Waals surface area contributed by atoms with Crippen molar-refractivity contribution in [3.63, 3.8) is 0 Å². The van der Waals surface area contributed by atoms with Crippen LogP contribution in [0.2, 0.25) is 0 Å². The summed E-state index contributed by atoms with van der Waals surface area (Å²) < 4.78 is 2.72. The first-order valence-electron chi connectivity index (χ1n) is 6.32. The molecule has 0 aliphatic rings. The van der Waals surface area contributed by atoms with Crippen molar-refractivity contribution in [1.82, 2.24) is 19.6 Å². The smallest absolute Gasteiger partial charge is 0.243 e. The Balaban J connectivity index is 1.72. The van der Waals surface area contributed by atoms with E-state index in [1.54, 1.807) is 15.9 Å². The molecule has 7 heteroatoms. The van der Waals surface area contributed by atoms with Crippen molar-refractivity contribution in [2.45, 2.75) is 26.3 Å². The first-order valence-corrected chi connectivity index (χ1v) is 7.99. The highest BCUT2D eigenvalue weighted by atomic mass is 79.9. The molecule has 0 bridgehead atoms. The minimum absolute atomic E-state index is 0.472. The summed E-state index contributed by atoms with van der Waals surface area (Å²) in [6.07, 6.45) is 1.88. The van der Waals surface area contributed by atoms with Crippen molar-refractivity contribution in [2.75, 3.05) is 5.32 Å². The quantitative estimate of drug-likeness (QED) is 0.778. The van der Waals surface area contributed by atoms with Gasteiger partial charge >= 0.3 is 0 Å². The summed E-state index contributed by atoms with van der Waals surface area (Å²) in [4.78, 5) is 8.99. The molecule has 3 heterocycles. The first kappa shape index (κ1) is 13.5. The van der Waals surface area contributed by atoms with Crippen molar-refractivity contribution in [2.24, 2.45) is 0 Å². The second kappa shape index (κ2) is 5.49. The van der Waals surface area contributed by atoms with Gasteiger partial charge in [-0.15, -0.1) is 16.4 Å². The van der Waals surface area contributed by atoms with Crippen LogP contribution in [0, 0.1) is 0 Å². The molecule has 20 heavy (non-hydrogen) atoms. The van der Waals surface area contributed by atoms with Gasteiger partial charge in [-0.05, 0) is 28.1 Å². The summed E-state index contributed by atoms with van der Waals surface area (Å²) in [6.45, 7) is 4.94. The molecule has 3 rings (SSSR count). The van der Waals surface area contributed by atoms with E-state index in [4.69, 9.17) is 0 Å². The van der Waals surface area contributed by atoms with E-state index >= 15 is 0 Å². The van der Waals surface area contributed by atoms with E-state index in [2.05, 4.69) is 55.5 Å². The molecule has 0 aromatic carbocycles. The van der Waals surface area contributed by atoms with Gasteiger partial charge in [-0.1, -0.05) is 13.8 Å². The second-order valence-corrected chi connectivity index (χ2v) is 6.58. The summed E-state index contributed by atoms with van der Waals surface area (Å²) in [5.41, 5.74) is 1.84. The zero-order valence-corrected chi connectivity index (χ0v) is 13.6. The average molecular weight is 352 g/mol. The number of hydrogen-bond donors (Lipinski definition) is 1. The summed E-state index contributed by atoms with van der Waals surface area (Å²) >= 11 is 5.11. The fourth-order valence-electron chi connectivity index (χ4n) is 1.77. The topological polar surface area (TPSA) is 55.1 Å². The molecule has 0 amide bonds. The Morgan fingerprint density at radius 2 is 2.20 bits per heavy atom. The minimum atomic E-state index is 0.472. The standard InChI is InChI=1S/C13H14BrN5S/c1-8(2)12-16-10(7-20-12)5-15-13-17-11-4-3-9(14)6-19(11)18-13/h3-4,6-8H,5H2,1-2H3,(H,15,18). The lowest BCUT2D eigenvalue weighted by Gasteiger charge is -1.98. The van der Waals surface area contributed by atoms with Crippen LogP contribution in [-0.4, -0.2) is 19.6 Å². The Morgan fingerprint density at radius 3 is 2.95 bits per heavy atom. The van der Waals surface area contributed by atoms with Gasteiger partial charge in [-0.25, -0.2) is 9.50 Å². The number of pyridine rings is 1. The van der Waals surface area contributed by atoms with Crippen LogP contribution in [0.1, 0.15) is 30.5 Å². The third kappa shape index (κ3) is 2.83. The van der Waals surface area contributed by atoms with Crippen LogP contribution in [0.15, 0.2) is 28.2 Å². The monoisotopic (exact) mass is 351 g/mol. The Hall–Kier alpha value is -1.47. The van der Waals surface area contributed by atoms with Gasteiger partial charge in [-0.3, -0.25) is 0 Å². The maximum Gasteiger partial charge on any atom is 0.243 e. The van der Waals surface area contributed by atoms with Crippen molar-refractivity contribution >= 4 is 38.9 Å². The SMILES string of the molecule is CC(C)c1nc(CNc2nc3ccc(Br)cn3n2)cs1. The van der Waals surface area contributed by atoms with Gasteiger partial charge in [0.2, 0.25) is 5.95 Å². The Bertz CT molecular complexity index is 733. The van der Waals surface area contributed by atoms with Crippen molar-refractivity contribution in [3.8, 4) is 0 Å². The number of thiazole rings is 1. The van der Waals surface area contributed by atoms with Crippen molar-refractivity contribution < 1.29 is 0 Å². The normalized spacial score (nSPS) is 11.4. The van der Waals surface area contributed by atoms with E-state index in [1.165, 1.54) is 0 Å². The number of hydrogen-bond acceptors (Lipinski definition) is 5. The molecule has 0 fully saturated rings. The van der Waals surface area contributed by atoms with Crippen LogP contribution in [0.5, 0.6) is 0 Å². The number of halogens is 1. The molecule has 1 N–H and O–H groups in total. The predicted octanol–water partition coefficient (Wildman–Crippen LogP) is 3.68. The molecule has 0 saturated carbocycles. The van der Waals surface area contributed by atoms with Crippen molar-refractivity contribution in [3.05, 3.63) is 38.9 Å². The Kier molecular flexibility index (Phi) is 3.71. The molecular formula is C13H14BrN5S. The summed E-state index contributed by atoms with van der Waals surface area (Å²) in [6, 6.07) is 3.87. The number of nitrogens with zero attached hydrogens (tertiary/aromatic N) is 4. The van der Waals surface area contributed by atoms with Gasteiger partial charge in [-0.2, -0.15) is 4.98 Å². The number of aromatic nitrogens is 4. The van der Waals surface area contributed by atoms with Gasteiger partial charge in [0.05, 0.1) is 17.2 Å². The maximum atomic E-state index is 4.58. The van der Waals surface area contributed by atoms with Crippen LogP contribution in [0.4, 0.5) is 5.95 Å². The van der Waals surface area contributed by atoms with Crippen LogP contribution < -0.4 is 5.32 Å². The molecule has 0 radical (unpaired) electrons. The van der Waals surface area contributed by atoms with Crippen LogP contribution in [0.3, 0.4) is 0 Å². The van der Waals surface area contributed by atoms with Gasteiger partial charge in [0.1, 0.15) is 0 Å². The number of fused-ring (bicyclic) bond motifs is 1. The third-order valence-corrected chi connectivity index (χ3v) is 4.45. The van der Waals surface area contributed by atoms with E-state index < -0.39 is 0 Å². The molecule has 0 unspecified atom stereocenters. The highest BCUT2D eigenvalue weighted by molar-refractivity contribution is 9.10. The number of rotatable bonds is 4. The van der Waals surface area contributed by atoms with E-state index in [1.807, 2.05) is 18.3 Å². The highest BCUT2D eigenvalue weighted by Gasteiger charge is 2.07. The van der Waals surface area contributed by atoms with E-state index in [-0.39, 0.29) is 0 Å². The van der Waals surface area contributed by atoms with Gasteiger partial charge < -0.3 is 5.32 Å². The lowest BCUT2D eigenvalue weighted by molar-refractivity contribution is 0.839. The lowest BCUT2D eigenvalue weighted by Crippen LogP contribution is -2.02. The molecule has 0 atom stereocenters. The van der Waals surface area contributed by atoms with E-state index in [9.17, 15) is 0 Å². The molecular weight excluding hydrogens is 338 g/mol. The zero-order chi connectivity index (χ0) is 14.1. The molecule has 5 nitrogen and oxygen atoms in total. The average Bonchev–Trinajstić information content (AvgIpc) is 3.01. The van der Waals surface area contributed by atoms with Gasteiger partial charge in [0, 0.05) is 22.0 Å². The molecule has 3 aromatic rings. The Labute approximate surface area is 129 Å². The van der Waals surface area contributed by atoms with E-state index in [0.717, 1.165) is 20.8 Å². The molecule has 0 aliphatic heterocycles. The highest BCUT2D eigenvalue weighted by Crippen LogP contribution is 2.19. The molecule has 104 valence electrons. The fourth-order valence-corrected chi connectivity index (χ4v) is 2.93. The molecule has 0 aliphatic carbocycles. The predicted molar refractivity (Wildman–Crippen MR) is 84.2 cm³/mol. The van der Waals surface area contributed by atoms with Crippen LogP contribution in [-0.2, 0) is 6.54 Å². The second-order valence-electron chi connectivity index (χ2n) is 4.77. The molecule has 0 saturated heterocycles. The zero-order valence-electron chi connectivity index (χ0n) is 11.2. The summed E-state index contributed by atoms with van der Waals surface area (Å²) in [5, 5.41) is 10.8. The molecule has 0 spiro atoms. The van der Waals surface area contributed by atoms with Crippen molar-refractivity contribution in [1.29, 1.82) is 0 Å². The first-order chi connectivity index (χ1) is 9.61. The Morgan fingerprint density at radius 1 is 1.35 bits per heavy atom. The van der Waals surface area contributed by atoms with Gasteiger partial charge in [0.25, 0.3) is 0 Å². The van der Waals surface area contributed by atoms with Gasteiger partial charge in [0.15, 0.2) is 5.65 Å². The lowest BCUT2D eigenvalue weighted by atomic mass is 10.2. The van der Waals surface area contributed by atoms with Crippen LogP contribution in [0.25, 0.3) is 5.65 Å².